The molecule has 2 heterocycles. The predicted molar refractivity (Wildman–Crippen MR) is 59.7 cm³/mol. The largest absolute Gasteiger partial charge is 0.481 e. The maximum atomic E-state index is 11.8. The molecule has 0 radical (unpaired) electrons. The van der Waals surface area contributed by atoms with Gasteiger partial charge in [-0.3, -0.25) is 4.79 Å². The van der Waals surface area contributed by atoms with Crippen molar-refractivity contribution in [3.05, 3.63) is 0 Å². The first kappa shape index (κ1) is 12.2. The fourth-order valence-electron chi connectivity index (χ4n) is 2.33. The summed E-state index contributed by atoms with van der Waals surface area (Å²) in [5, 5.41) is 11.2. The Morgan fingerprint density at radius 1 is 1.29 bits per heavy atom. The van der Waals surface area contributed by atoms with E-state index in [1.54, 1.807) is 4.90 Å². The molecule has 0 aromatic rings. The third-order valence-electron chi connectivity index (χ3n) is 3.17. The molecule has 2 rings (SSSR count). The number of hydrogen-bond donors (Lipinski definition) is 2. The molecule has 0 aliphatic carbocycles. The molecular formula is C11H18N2O4. The van der Waals surface area contributed by atoms with Crippen LogP contribution in [-0.4, -0.2) is 53.8 Å². The number of carboxylic acid groups (broad SMARTS) is 1. The van der Waals surface area contributed by atoms with Gasteiger partial charge < -0.3 is 20.1 Å². The molecule has 0 spiro atoms. The lowest BCUT2D eigenvalue weighted by Crippen LogP contribution is -2.50. The van der Waals surface area contributed by atoms with E-state index in [4.69, 9.17) is 9.84 Å². The molecule has 2 atom stereocenters. The summed E-state index contributed by atoms with van der Waals surface area (Å²) in [6.07, 6.45) is 3.02. The molecule has 2 aliphatic rings. The second-order valence-corrected chi connectivity index (χ2v) is 4.59. The Morgan fingerprint density at radius 2 is 1.94 bits per heavy atom. The van der Waals surface area contributed by atoms with Crippen molar-refractivity contribution in [2.75, 3.05) is 19.6 Å². The number of amides is 2. The normalized spacial score (nSPS) is 26.9. The van der Waals surface area contributed by atoms with Gasteiger partial charge in [0, 0.05) is 26.1 Å². The van der Waals surface area contributed by atoms with Gasteiger partial charge in [-0.25, -0.2) is 4.79 Å². The number of likely N-dealkylation sites (tertiary alicyclic amines) is 1. The van der Waals surface area contributed by atoms with Crippen LogP contribution in [0.4, 0.5) is 4.79 Å². The Morgan fingerprint density at radius 3 is 2.53 bits per heavy atom. The highest BCUT2D eigenvalue weighted by molar-refractivity contribution is 5.74. The number of morpholine rings is 1. The number of carboxylic acids is 1. The van der Waals surface area contributed by atoms with Gasteiger partial charge >= 0.3 is 12.0 Å². The Bertz CT molecular complexity index is 296. The fraction of sp³-hybridized carbons (Fsp3) is 0.818. The maximum Gasteiger partial charge on any atom is 0.317 e. The van der Waals surface area contributed by atoms with Gasteiger partial charge in [0.1, 0.15) is 0 Å². The first-order valence-corrected chi connectivity index (χ1v) is 6.05. The summed E-state index contributed by atoms with van der Waals surface area (Å²) >= 11 is 0. The Hall–Kier alpha value is -1.30. The molecule has 2 unspecified atom stereocenters. The first-order chi connectivity index (χ1) is 8.15. The van der Waals surface area contributed by atoms with Crippen LogP contribution in [0.3, 0.4) is 0 Å². The maximum absolute atomic E-state index is 11.8. The SMILES string of the molecule is O=C(O)CCCNC(=O)N1CC2CCC(C1)O2. The van der Waals surface area contributed by atoms with E-state index in [1.807, 2.05) is 0 Å². The van der Waals surface area contributed by atoms with Crippen LogP contribution in [0.1, 0.15) is 25.7 Å². The molecular weight excluding hydrogens is 224 g/mol. The highest BCUT2D eigenvalue weighted by atomic mass is 16.5. The summed E-state index contributed by atoms with van der Waals surface area (Å²) in [5.41, 5.74) is 0. The van der Waals surface area contributed by atoms with E-state index in [0.717, 1.165) is 12.8 Å². The molecule has 2 fully saturated rings. The van der Waals surface area contributed by atoms with E-state index in [-0.39, 0.29) is 24.7 Å². The van der Waals surface area contributed by atoms with Gasteiger partial charge in [0.2, 0.25) is 0 Å². The lowest BCUT2D eigenvalue weighted by Gasteiger charge is -2.32. The van der Waals surface area contributed by atoms with E-state index in [0.29, 0.717) is 26.1 Å². The van der Waals surface area contributed by atoms with Crippen LogP contribution in [0.2, 0.25) is 0 Å². The molecule has 17 heavy (non-hydrogen) atoms. The van der Waals surface area contributed by atoms with Crippen LogP contribution in [0, 0.1) is 0 Å². The molecule has 0 aromatic heterocycles. The minimum atomic E-state index is -0.830. The van der Waals surface area contributed by atoms with E-state index in [1.165, 1.54) is 0 Å². The van der Waals surface area contributed by atoms with E-state index >= 15 is 0 Å². The lowest BCUT2D eigenvalue weighted by molar-refractivity contribution is -0.137. The minimum absolute atomic E-state index is 0.0919. The van der Waals surface area contributed by atoms with Crippen LogP contribution < -0.4 is 5.32 Å². The number of ether oxygens (including phenoxy) is 1. The highest BCUT2D eigenvalue weighted by Gasteiger charge is 2.35. The van der Waals surface area contributed by atoms with Crippen molar-refractivity contribution in [2.45, 2.75) is 37.9 Å². The molecule has 2 bridgehead atoms. The Labute approximate surface area is 99.9 Å². The van der Waals surface area contributed by atoms with Crippen LogP contribution in [0.5, 0.6) is 0 Å². The number of carbonyl (C=O) groups is 2. The summed E-state index contributed by atoms with van der Waals surface area (Å²) in [5.74, 6) is -0.830. The molecule has 0 aromatic carbocycles. The number of aliphatic carboxylic acids is 1. The van der Waals surface area contributed by atoms with E-state index < -0.39 is 5.97 Å². The zero-order chi connectivity index (χ0) is 12.3. The number of nitrogens with zero attached hydrogens (tertiary/aromatic N) is 1. The minimum Gasteiger partial charge on any atom is -0.481 e. The topological polar surface area (TPSA) is 78.9 Å². The van der Waals surface area contributed by atoms with Gasteiger partial charge in [0.15, 0.2) is 0 Å². The van der Waals surface area contributed by atoms with Gasteiger partial charge in [0.25, 0.3) is 0 Å². The fourth-order valence-corrected chi connectivity index (χ4v) is 2.33. The van der Waals surface area contributed by atoms with Gasteiger partial charge in [-0.1, -0.05) is 0 Å². The second kappa shape index (κ2) is 5.35. The van der Waals surface area contributed by atoms with Crippen LogP contribution in [0.15, 0.2) is 0 Å². The summed E-state index contributed by atoms with van der Waals surface area (Å²) in [6.45, 7) is 1.72. The number of hydrogen-bond acceptors (Lipinski definition) is 3. The average Bonchev–Trinajstić information content (AvgIpc) is 2.63. The molecule has 0 saturated carbocycles. The van der Waals surface area contributed by atoms with Crippen LogP contribution in [-0.2, 0) is 9.53 Å². The van der Waals surface area contributed by atoms with Gasteiger partial charge in [0.05, 0.1) is 12.2 Å². The van der Waals surface area contributed by atoms with Crippen molar-refractivity contribution < 1.29 is 19.4 Å². The van der Waals surface area contributed by atoms with Crippen LogP contribution >= 0.6 is 0 Å². The molecule has 2 N–H and O–H groups in total. The Kier molecular flexibility index (Phi) is 3.83. The second-order valence-electron chi connectivity index (χ2n) is 4.59. The molecule has 6 heteroatoms. The summed E-state index contributed by atoms with van der Waals surface area (Å²) in [7, 11) is 0. The molecule has 2 saturated heterocycles. The molecule has 6 nitrogen and oxygen atoms in total. The van der Waals surface area contributed by atoms with E-state index in [2.05, 4.69) is 5.32 Å². The molecule has 2 amide bonds. The third-order valence-corrected chi connectivity index (χ3v) is 3.17. The van der Waals surface area contributed by atoms with Crippen molar-refractivity contribution in [1.82, 2.24) is 10.2 Å². The summed E-state index contributed by atoms with van der Waals surface area (Å²) in [4.78, 5) is 23.8. The van der Waals surface area contributed by atoms with Gasteiger partial charge in [-0.2, -0.15) is 0 Å². The number of nitrogens with one attached hydrogen (secondary N) is 1. The molecule has 2 aliphatic heterocycles. The lowest BCUT2D eigenvalue weighted by atomic mass is 10.2. The predicted octanol–water partition coefficient (Wildman–Crippen LogP) is 0.424. The Balaban J connectivity index is 1.67. The van der Waals surface area contributed by atoms with Crippen molar-refractivity contribution in [3.8, 4) is 0 Å². The number of fused-ring (bicyclic) bond motifs is 2. The number of rotatable bonds is 4. The quantitative estimate of drug-likeness (QED) is 0.700. The van der Waals surface area contributed by atoms with Gasteiger partial charge in [-0.05, 0) is 19.3 Å². The van der Waals surface area contributed by atoms with Crippen LogP contribution in [0.25, 0.3) is 0 Å². The molecule has 96 valence electrons. The van der Waals surface area contributed by atoms with Crippen molar-refractivity contribution >= 4 is 12.0 Å². The highest BCUT2D eigenvalue weighted by Crippen LogP contribution is 2.25. The first-order valence-electron chi connectivity index (χ1n) is 6.05. The smallest absolute Gasteiger partial charge is 0.317 e. The zero-order valence-corrected chi connectivity index (χ0v) is 9.72. The average molecular weight is 242 g/mol. The summed E-state index contributed by atoms with van der Waals surface area (Å²) in [6, 6.07) is -0.101. The van der Waals surface area contributed by atoms with Crippen molar-refractivity contribution in [2.24, 2.45) is 0 Å². The monoisotopic (exact) mass is 242 g/mol. The van der Waals surface area contributed by atoms with E-state index in [9.17, 15) is 9.59 Å². The van der Waals surface area contributed by atoms with Crippen molar-refractivity contribution in [1.29, 1.82) is 0 Å². The third kappa shape index (κ3) is 3.33. The van der Waals surface area contributed by atoms with Gasteiger partial charge in [-0.15, -0.1) is 0 Å². The zero-order valence-electron chi connectivity index (χ0n) is 9.72. The number of urea groups is 1. The summed E-state index contributed by atoms with van der Waals surface area (Å²) < 4.78 is 5.64. The standard InChI is InChI=1S/C11H18N2O4/c14-10(15)2-1-5-12-11(16)13-6-8-3-4-9(7-13)17-8/h8-9H,1-7H2,(H,12,16)(H,14,15). The van der Waals surface area contributed by atoms with Crippen molar-refractivity contribution in [3.63, 3.8) is 0 Å². The number of carbonyl (C=O) groups excluding carboxylic acids is 1.